The molecule has 224 valence electrons. The summed E-state index contributed by atoms with van der Waals surface area (Å²) in [6, 6.07) is 6.88. The van der Waals surface area contributed by atoms with Gasteiger partial charge in [-0.3, -0.25) is 14.4 Å². The molecule has 3 heterocycles. The van der Waals surface area contributed by atoms with Gasteiger partial charge < -0.3 is 29.3 Å². The number of hydrogen-bond acceptors (Lipinski definition) is 7. The van der Waals surface area contributed by atoms with Crippen molar-refractivity contribution in [3.63, 3.8) is 0 Å². The SMILES string of the molecule is C=CCCOC(=O)[C@H]1[C@@H]2OC3(CC2Br)C(C(=O)N(CC=C)c2ccc(N(CC)CC)cc2)N(CCCCO)C(=O)[C@H]13. The number of carbonyl (C=O) groups excluding carboxylic acids is 3. The molecule has 0 aromatic heterocycles. The van der Waals surface area contributed by atoms with E-state index in [4.69, 9.17) is 9.47 Å². The van der Waals surface area contributed by atoms with Crippen molar-refractivity contribution in [2.45, 2.75) is 62.1 Å². The summed E-state index contributed by atoms with van der Waals surface area (Å²) >= 11 is 3.69. The topological polar surface area (TPSA) is 99.6 Å². The number of anilines is 2. The van der Waals surface area contributed by atoms with Crippen LogP contribution in [0.1, 0.15) is 39.5 Å². The van der Waals surface area contributed by atoms with Gasteiger partial charge in [0.15, 0.2) is 0 Å². The van der Waals surface area contributed by atoms with E-state index in [1.54, 1.807) is 22.0 Å². The monoisotopic (exact) mass is 631 g/mol. The molecule has 41 heavy (non-hydrogen) atoms. The summed E-state index contributed by atoms with van der Waals surface area (Å²) in [5.74, 6) is -2.67. The number of nitrogens with zero attached hydrogens (tertiary/aromatic N) is 3. The molecule has 3 aliphatic heterocycles. The highest BCUT2D eigenvalue weighted by molar-refractivity contribution is 9.09. The molecule has 9 nitrogen and oxygen atoms in total. The molecule has 2 bridgehead atoms. The van der Waals surface area contributed by atoms with Crippen molar-refractivity contribution in [1.82, 2.24) is 4.90 Å². The standard InChI is InChI=1S/C31H42BrN3O6/c1-5-9-19-40-30(39)24-25-28(37)35(17-10-11-18-36)27(31(25)20-23(32)26(24)41-31)29(38)34(16-6-2)22-14-12-21(13-15-22)33(7-3)8-4/h5-6,12-15,23-27,36H,1-2,7-11,16-20H2,3-4H3/t23?,24-,25+,26-,27?,31?/m1/s1. The fraction of sp³-hybridized carbons (Fsp3) is 0.581. The Morgan fingerprint density at radius 1 is 1.17 bits per heavy atom. The summed E-state index contributed by atoms with van der Waals surface area (Å²) < 4.78 is 12.1. The predicted octanol–water partition coefficient (Wildman–Crippen LogP) is 3.69. The maximum atomic E-state index is 14.6. The average molecular weight is 633 g/mol. The van der Waals surface area contributed by atoms with Crippen molar-refractivity contribution in [2.24, 2.45) is 11.8 Å². The van der Waals surface area contributed by atoms with E-state index in [2.05, 4.69) is 47.8 Å². The number of benzene rings is 1. The number of amides is 2. The van der Waals surface area contributed by atoms with Crippen molar-refractivity contribution in [1.29, 1.82) is 0 Å². The number of alkyl halides is 1. The summed E-state index contributed by atoms with van der Waals surface area (Å²) in [6.45, 7) is 14.1. The molecule has 3 unspecified atom stereocenters. The van der Waals surface area contributed by atoms with Crippen LogP contribution in [0.4, 0.5) is 11.4 Å². The van der Waals surface area contributed by atoms with E-state index < -0.39 is 35.6 Å². The lowest BCUT2D eigenvalue weighted by Gasteiger charge is -2.37. The first-order valence-corrected chi connectivity index (χ1v) is 15.5. The molecule has 1 spiro atoms. The second kappa shape index (κ2) is 13.5. The maximum Gasteiger partial charge on any atom is 0.312 e. The molecule has 3 aliphatic rings. The first-order chi connectivity index (χ1) is 19.8. The van der Waals surface area contributed by atoms with Crippen LogP contribution in [0.3, 0.4) is 0 Å². The molecule has 3 fully saturated rings. The van der Waals surface area contributed by atoms with E-state index in [1.165, 1.54) is 0 Å². The number of unbranched alkanes of at least 4 members (excludes halogenated alkanes) is 1. The van der Waals surface area contributed by atoms with Gasteiger partial charge in [-0.05, 0) is 63.8 Å². The summed E-state index contributed by atoms with van der Waals surface area (Å²) in [7, 11) is 0. The third-order valence-electron chi connectivity index (χ3n) is 8.54. The summed E-state index contributed by atoms with van der Waals surface area (Å²) in [4.78, 5) is 47.2. The van der Waals surface area contributed by atoms with Crippen molar-refractivity contribution in [3.05, 3.63) is 49.6 Å². The van der Waals surface area contributed by atoms with E-state index in [0.29, 0.717) is 31.4 Å². The minimum atomic E-state index is -1.17. The van der Waals surface area contributed by atoms with Crippen molar-refractivity contribution in [2.75, 3.05) is 49.2 Å². The molecule has 10 heteroatoms. The number of halogens is 1. The van der Waals surface area contributed by atoms with Gasteiger partial charge in [0, 0.05) is 49.0 Å². The lowest BCUT2D eigenvalue weighted by molar-refractivity contribution is -0.154. The van der Waals surface area contributed by atoms with Crippen LogP contribution in [0.25, 0.3) is 0 Å². The van der Waals surface area contributed by atoms with Crippen molar-refractivity contribution >= 4 is 45.1 Å². The molecule has 0 aliphatic carbocycles. The summed E-state index contributed by atoms with van der Waals surface area (Å²) in [5.41, 5.74) is 0.578. The summed E-state index contributed by atoms with van der Waals surface area (Å²) in [5, 5.41) is 9.41. The van der Waals surface area contributed by atoms with E-state index in [9.17, 15) is 19.5 Å². The van der Waals surface area contributed by atoms with Gasteiger partial charge in [-0.1, -0.05) is 28.1 Å². The van der Waals surface area contributed by atoms with Crippen LogP contribution in [-0.2, 0) is 23.9 Å². The average Bonchev–Trinajstić information content (AvgIpc) is 3.56. The molecular weight excluding hydrogens is 590 g/mol. The van der Waals surface area contributed by atoms with Crippen LogP contribution in [0.2, 0.25) is 0 Å². The van der Waals surface area contributed by atoms with Gasteiger partial charge in [0.25, 0.3) is 5.91 Å². The molecule has 1 aromatic rings. The van der Waals surface area contributed by atoms with Crippen LogP contribution in [0.5, 0.6) is 0 Å². The molecule has 6 atom stereocenters. The lowest BCUT2D eigenvalue weighted by atomic mass is 9.70. The highest BCUT2D eigenvalue weighted by atomic mass is 79.9. The van der Waals surface area contributed by atoms with Gasteiger partial charge in [-0.25, -0.2) is 0 Å². The molecule has 0 saturated carbocycles. The number of esters is 1. The van der Waals surface area contributed by atoms with E-state index >= 15 is 0 Å². The van der Waals surface area contributed by atoms with Gasteiger partial charge in [-0.15, -0.1) is 13.2 Å². The van der Waals surface area contributed by atoms with Crippen LogP contribution in [0, 0.1) is 11.8 Å². The molecule has 0 radical (unpaired) electrons. The third kappa shape index (κ3) is 5.70. The zero-order chi connectivity index (χ0) is 29.7. The largest absolute Gasteiger partial charge is 0.465 e. The summed E-state index contributed by atoms with van der Waals surface area (Å²) in [6.07, 6.45) is 4.69. The Morgan fingerprint density at radius 3 is 2.46 bits per heavy atom. The molecule has 2 amide bonds. The van der Waals surface area contributed by atoms with Gasteiger partial charge in [0.05, 0.1) is 24.5 Å². The highest BCUT2D eigenvalue weighted by Gasteiger charge is 2.77. The minimum absolute atomic E-state index is 0.0169. The highest BCUT2D eigenvalue weighted by Crippen LogP contribution is 2.60. The fourth-order valence-electron chi connectivity index (χ4n) is 6.68. The molecule has 3 saturated heterocycles. The number of aliphatic hydroxyl groups excluding tert-OH is 1. The smallest absolute Gasteiger partial charge is 0.312 e. The Bertz CT molecular complexity index is 1130. The van der Waals surface area contributed by atoms with Crippen molar-refractivity contribution < 1.29 is 29.0 Å². The normalized spacial score (nSPS) is 28.0. The van der Waals surface area contributed by atoms with Crippen LogP contribution in [-0.4, -0.2) is 89.8 Å². The first kappa shape index (κ1) is 31.3. The van der Waals surface area contributed by atoms with E-state index in [0.717, 1.165) is 18.8 Å². The number of aliphatic hydroxyl groups is 1. The van der Waals surface area contributed by atoms with E-state index in [1.807, 2.05) is 24.3 Å². The number of rotatable bonds is 15. The Balaban J connectivity index is 1.71. The Kier molecular flexibility index (Phi) is 10.3. The number of ether oxygens (including phenoxy) is 2. The number of carbonyl (C=O) groups is 3. The number of likely N-dealkylation sites (tertiary alicyclic amines) is 1. The van der Waals surface area contributed by atoms with E-state index in [-0.39, 0.29) is 42.9 Å². The fourth-order valence-corrected chi connectivity index (χ4v) is 7.63. The quantitative estimate of drug-likeness (QED) is 0.136. The van der Waals surface area contributed by atoms with Gasteiger partial charge in [0.1, 0.15) is 11.6 Å². The van der Waals surface area contributed by atoms with Crippen LogP contribution >= 0.6 is 15.9 Å². The Morgan fingerprint density at radius 2 is 1.85 bits per heavy atom. The van der Waals surface area contributed by atoms with Gasteiger partial charge in [0.2, 0.25) is 5.91 Å². The first-order valence-electron chi connectivity index (χ1n) is 14.6. The zero-order valence-corrected chi connectivity index (χ0v) is 25.6. The Labute approximate surface area is 251 Å². The van der Waals surface area contributed by atoms with Gasteiger partial charge in [-0.2, -0.15) is 0 Å². The van der Waals surface area contributed by atoms with Crippen LogP contribution < -0.4 is 9.80 Å². The second-order valence-electron chi connectivity index (χ2n) is 10.8. The second-order valence-corrected chi connectivity index (χ2v) is 12.0. The maximum absolute atomic E-state index is 14.6. The zero-order valence-electron chi connectivity index (χ0n) is 24.0. The minimum Gasteiger partial charge on any atom is -0.465 e. The molecule has 4 rings (SSSR count). The predicted molar refractivity (Wildman–Crippen MR) is 162 cm³/mol. The lowest BCUT2D eigenvalue weighted by Crippen LogP contribution is -2.57. The third-order valence-corrected chi connectivity index (χ3v) is 9.38. The molecule has 1 aromatic carbocycles. The number of hydrogen-bond donors (Lipinski definition) is 1. The van der Waals surface area contributed by atoms with Crippen LogP contribution in [0.15, 0.2) is 49.6 Å². The van der Waals surface area contributed by atoms with Crippen molar-refractivity contribution in [3.8, 4) is 0 Å². The molecule has 1 N–H and O–H groups in total. The van der Waals surface area contributed by atoms with Gasteiger partial charge >= 0.3 is 5.97 Å². The number of fused-ring (bicyclic) bond motifs is 1. The molecular formula is C31H42BrN3O6. The Hall–Kier alpha value is -2.69.